The van der Waals surface area contributed by atoms with Crippen LogP contribution < -0.4 is 16.2 Å². The fraction of sp³-hybridized carbons (Fsp3) is 0.235. The van der Waals surface area contributed by atoms with Gasteiger partial charge < -0.3 is 10.1 Å². The molecule has 0 saturated heterocycles. The van der Waals surface area contributed by atoms with Crippen molar-refractivity contribution in [2.24, 2.45) is 0 Å². The topological polar surface area (TPSA) is 71.1 Å². The minimum atomic E-state index is 0.516. The molecule has 0 saturated carbocycles. The Morgan fingerprint density at radius 3 is 2.88 bits per heavy atom. The van der Waals surface area contributed by atoms with E-state index in [-0.39, 0.29) is 0 Å². The lowest BCUT2D eigenvalue weighted by Gasteiger charge is -2.11. The first kappa shape index (κ1) is 17.5. The molecule has 130 valence electrons. The third-order valence-electron chi connectivity index (χ3n) is 3.47. The van der Waals surface area contributed by atoms with Gasteiger partial charge in [-0.25, -0.2) is 9.97 Å². The van der Waals surface area contributed by atoms with Gasteiger partial charge in [-0.3, -0.25) is 10.9 Å². The first-order valence-corrected chi connectivity index (χ1v) is 9.09. The second-order valence-corrected chi connectivity index (χ2v) is 6.73. The van der Waals surface area contributed by atoms with Gasteiger partial charge in [0.15, 0.2) is 10.9 Å². The number of nitrogens with one attached hydrogen (secondary N) is 3. The van der Waals surface area contributed by atoms with Gasteiger partial charge in [0, 0.05) is 25.1 Å². The summed E-state index contributed by atoms with van der Waals surface area (Å²) in [5, 5.41) is 3.62. The Balaban J connectivity index is 1.68. The highest BCUT2D eigenvalue weighted by Crippen LogP contribution is 2.35. The number of hydrogen-bond acceptors (Lipinski definition) is 6. The summed E-state index contributed by atoms with van der Waals surface area (Å²) in [5.74, 6) is 0.707. The molecule has 2 heterocycles. The lowest BCUT2D eigenvalue weighted by Crippen LogP contribution is -2.39. The molecule has 0 fully saturated rings. The Kier molecular flexibility index (Phi) is 6.10. The van der Waals surface area contributed by atoms with Crippen LogP contribution in [0.3, 0.4) is 0 Å². The Hall–Kier alpha value is -2.29. The van der Waals surface area contributed by atoms with Gasteiger partial charge >= 0.3 is 0 Å². The molecule has 0 radical (unpaired) electrons. The van der Waals surface area contributed by atoms with Crippen LogP contribution >= 0.6 is 23.6 Å². The fourth-order valence-corrected chi connectivity index (χ4v) is 3.48. The molecular weight excluding hydrogens is 354 g/mol. The number of benzene rings is 1. The van der Waals surface area contributed by atoms with Crippen molar-refractivity contribution in [3.05, 3.63) is 42.7 Å². The number of ether oxygens (including phenoxy) is 1. The van der Waals surface area contributed by atoms with E-state index in [9.17, 15) is 0 Å². The molecule has 0 amide bonds. The van der Waals surface area contributed by atoms with E-state index in [0.29, 0.717) is 17.5 Å². The van der Waals surface area contributed by atoms with Crippen molar-refractivity contribution in [2.45, 2.75) is 6.42 Å². The van der Waals surface area contributed by atoms with E-state index in [2.05, 4.69) is 44.3 Å². The average molecular weight is 374 g/mol. The summed E-state index contributed by atoms with van der Waals surface area (Å²) in [6.07, 6.45) is 2.43. The molecule has 0 aliphatic rings. The van der Waals surface area contributed by atoms with Crippen molar-refractivity contribution in [3.63, 3.8) is 0 Å². The quantitative estimate of drug-likeness (QED) is 0.334. The van der Waals surface area contributed by atoms with Gasteiger partial charge in [0.2, 0.25) is 0 Å². The van der Waals surface area contributed by atoms with Crippen LogP contribution in [0.15, 0.2) is 42.7 Å². The van der Waals surface area contributed by atoms with Crippen molar-refractivity contribution in [1.82, 2.24) is 20.7 Å². The highest BCUT2D eigenvalue weighted by Gasteiger charge is 2.10. The summed E-state index contributed by atoms with van der Waals surface area (Å²) in [7, 11) is 1.68. The number of methoxy groups -OCH3 is 1. The number of fused-ring (bicyclic) bond motifs is 1. The van der Waals surface area contributed by atoms with E-state index in [1.165, 1.54) is 5.56 Å². The van der Waals surface area contributed by atoms with Gasteiger partial charge in [-0.1, -0.05) is 30.3 Å². The Bertz CT molecular complexity index is 837. The molecular formula is C17H19N5OS2. The van der Waals surface area contributed by atoms with E-state index < -0.39 is 0 Å². The minimum Gasteiger partial charge on any atom is -0.385 e. The molecule has 0 bridgehead atoms. The zero-order valence-corrected chi connectivity index (χ0v) is 15.4. The highest BCUT2D eigenvalue weighted by molar-refractivity contribution is 7.80. The molecule has 8 heteroatoms. The third kappa shape index (κ3) is 4.62. The largest absolute Gasteiger partial charge is 0.385 e. The van der Waals surface area contributed by atoms with Crippen LogP contribution in [0.1, 0.15) is 6.42 Å². The second kappa shape index (κ2) is 8.70. The number of thiophene rings is 1. The van der Waals surface area contributed by atoms with Crippen molar-refractivity contribution in [3.8, 4) is 10.4 Å². The number of aromatic nitrogens is 2. The lowest BCUT2D eigenvalue weighted by atomic mass is 10.2. The molecule has 1 aromatic carbocycles. The number of rotatable bonds is 7. The monoisotopic (exact) mass is 373 g/mol. The van der Waals surface area contributed by atoms with E-state index in [1.54, 1.807) is 24.8 Å². The van der Waals surface area contributed by atoms with Crippen LogP contribution in [0.25, 0.3) is 20.7 Å². The van der Waals surface area contributed by atoms with Crippen LogP contribution in [0.4, 0.5) is 5.82 Å². The summed E-state index contributed by atoms with van der Waals surface area (Å²) in [6, 6.07) is 12.3. The summed E-state index contributed by atoms with van der Waals surface area (Å²) in [6.45, 7) is 1.45. The molecule has 3 aromatic rings. The van der Waals surface area contributed by atoms with Gasteiger partial charge in [0.05, 0.1) is 10.2 Å². The van der Waals surface area contributed by atoms with Gasteiger partial charge in [-0.2, -0.15) is 0 Å². The summed E-state index contributed by atoms with van der Waals surface area (Å²) in [5.41, 5.74) is 8.10. The molecule has 3 N–H and O–H groups in total. The molecule has 0 spiro atoms. The van der Waals surface area contributed by atoms with E-state index in [1.807, 2.05) is 18.2 Å². The molecule has 0 aliphatic heterocycles. The number of anilines is 1. The highest BCUT2D eigenvalue weighted by atomic mass is 32.1. The van der Waals surface area contributed by atoms with E-state index in [4.69, 9.17) is 17.0 Å². The maximum Gasteiger partial charge on any atom is 0.185 e. The first-order chi connectivity index (χ1) is 12.3. The van der Waals surface area contributed by atoms with Crippen molar-refractivity contribution < 1.29 is 4.74 Å². The van der Waals surface area contributed by atoms with Crippen molar-refractivity contribution in [1.29, 1.82) is 0 Å². The van der Waals surface area contributed by atoms with E-state index in [0.717, 1.165) is 28.1 Å². The molecule has 0 unspecified atom stereocenters. The third-order valence-corrected chi connectivity index (χ3v) is 4.90. The van der Waals surface area contributed by atoms with Crippen LogP contribution in [0.5, 0.6) is 0 Å². The number of hydrazine groups is 1. The Labute approximate surface area is 155 Å². The van der Waals surface area contributed by atoms with Crippen LogP contribution in [0.2, 0.25) is 0 Å². The zero-order valence-electron chi connectivity index (χ0n) is 13.8. The number of nitrogens with zero attached hydrogens (tertiary/aromatic N) is 2. The van der Waals surface area contributed by atoms with Gasteiger partial charge in [-0.05, 0) is 30.3 Å². The van der Waals surface area contributed by atoms with Gasteiger partial charge in [-0.15, -0.1) is 11.3 Å². The minimum absolute atomic E-state index is 0.516. The predicted molar refractivity (Wildman–Crippen MR) is 107 cm³/mol. The Morgan fingerprint density at radius 1 is 1.24 bits per heavy atom. The number of thiocarbonyl (C=S) groups is 1. The Morgan fingerprint density at radius 2 is 2.08 bits per heavy atom. The number of hydrogen-bond donors (Lipinski definition) is 3. The predicted octanol–water partition coefficient (Wildman–Crippen LogP) is 3.19. The maximum atomic E-state index is 5.24. The normalized spacial score (nSPS) is 10.6. The first-order valence-electron chi connectivity index (χ1n) is 7.86. The van der Waals surface area contributed by atoms with Gasteiger partial charge in [0.1, 0.15) is 6.33 Å². The van der Waals surface area contributed by atoms with E-state index >= 15 is 0 Å². The summed E-state index contributed by atoms with van der Waals surface area (Å²) < 4.78 is 5.99. The standard InChI is InChI=1S/C17H19N5OS2/c1-23-9-5-8-18-17(24)22-21-16-15-13(19-11-20-16)10-14(25-15)12-6-3-2-4-7-12/h2-4,6-7,10-11H,5,8-9H2,1H3,(H2,18,22,24)(H,19,20,21). The van der Waals surface area contributed by atoms with Gasteiger partial charge in [0.25, 0.3) is 0 Å². The van der Waals surface area contributed by atoms with Crippen LogP contribution in [-0.2, 0) is 4.74 Å². The molecule has 25 heavy (non-hydrogen) atoms. The molecule has 0 aliphatic carbocycles. The zero-order chi connectivity index (χ0) is 17.5. The summed E-state index contributed by atoms with van der Waals surface area (Å²) in [4.78, 5) is 9.82. The second-order valence-electron chi connectivity index (χ2n) is 5.27. The van der Waals surface area contributed by atoms with Crippen LogP contribution in [-0.4, -0.2) is 35.3 Å². The SMILES string of the molecule is COCCCNC(=S)NNc1ncnc2cc(-c3ccccc3)sc12. The summed E-state index contributed by atoms with van der Waals surface area (Å²) >= 11 is 6.89. The molecule has 3 rings (SSSR count). The molecule has 0 atom stereocenters. The average Bonchev–Trinajstić information content (AvgIpc) is 3.09. The van der Waals surface area contributed by atoms with Crippen molar-refractivity contribution >= 4 is 44.7 Å². The lowest BCUT2D eigenvalue weighted by molar-refractivity contribution is 0.195. The fourth-order valence-electron chi connectivity index (χ4n) is 2.27. The smallest absolute Gasteiger partial charge is 0.185 e. The maximum absolute atomic E-state index is 5.24. The molecule has 2 aromatic heterocycles. The van der Waals surface area contributed by atoms with Crippen molar-refractivity contribution in [2.75, 3.05) is 25.7 Å². The van der Waals surface area contributed by atoms with Crippen LogP contribution in [0, 0.1) is 0 Å². The molecule has 6 nitrogen and oxygen atoms in total.